The average molecular weight is 366 g/mol. The molecular formula is C19H14N2O2S2. The number of thioether (sulfide) groups is 1. The van der Waals surface area contributed by atoms with E-state index in [0.29, 0.717) is 27.1 Å². The molecule has 1 heterocycles. The van der Waals surface area contributed by atoms with Gasteiger partial charge in [-0.3, -0.25) is 9.69 Å². The number of nitrogens with zero attached hydrogens (tertiary/aromatic N) is 2. The summed E-state index contributed by atoms with van der Waals surface area (Å²) in [6.07, 6.45) is 1.79. The number of rotatable bonds is 4. The van der Waals surface area contributed by atoms with Gasteiger partial charge in [0.25, 0.3) is 5.91 Å². The van der Waals surface area contributed by atoms with Gasteiger partial charge < -0.3 is 4.74 Å². The minimum Gasteiger partial charge on any atom is -0.494 e. The van der Waals surface area contributed by atoms with Crippen LogP contribution in [0.15, 0.2) is 53.4 Å². The Bertz CT molecular complexity index is 881. The van der Waals surface area contributed by atoms with Gasteiger partial charge in [0.05, 0.1) is 28.8 Å². The molecular weight excluding hydrogens is 352 g/mol. The van der Waals surface area contributed by atoms with Crippen molar-refractivity contribution in [3.8, 4) is 11.8 Å². The summed E-state index contributed by atoms with van der Waals surface area (Å²) < 4.78 is 5.91. The van der Waals surface area contributed by atoms with E-state index < -0.39 is 0 Å². The van der Waals surface area contributed by atoms with Gasteiger partial charge in [-0.05, 0) is 55.0 Å². The first-order valence-corrected chi connectivity index (χ1v) is 8.86. The number of anilines is 1. The Labute approximate surface area is 155 Å². The Kier molecular flexibility index (Phi) is 5.17. The molecule has 4 nitrogen and oxygen atoms in total. The highest BCUT2D eigenvalue weighted by molar-refractivity contribution is 8.27. The molecule has 1 saturated heterocycles. The molecule has 1 aliphatic heterocycles. The Morgan fingerprint density at radius 3 is 2.48 bits per heavy atom. The predicted molar refractivity (Wildman–Crippen MR) is 104 cm³/mol. The Balaban J connectivity index is 1.84. The van der Waals surface area contributed by atoms with Crippen molar-refractivity contribution in [3.63, 3.8) is 0 Å². The summed E-state index contributed by atoms with van der Waals surface area (Å²) in [7, 11) is 0. The van der Waals surface area contributed by atoms with Crippen LogP contribution in [0.25, 0.3) is 6.08 Å². The van der Waals surface area contributed by atoms with Gasteiger partial charge in [-0.25, -0.2) is 0 Å². The van der Waals surface area contributed by atoms with Crippen LogP contribution in [-0.2, 0) is 4.79 Å². The van der Waals surface area contributed by atoms with Gasteiger partial charge in [0.15, 0.2) is 4.32 Å². The molecule has 25 heavy (non-hydrogen) atoms. The second kappa shape index (κ2) is 7.51. The number of carbonyl (C=O) groups excluding carboxylic acids is 1. The third-order valence-electron chi connectivity index (χ3n) is 3.54. The standard InChI is InChI=1S/C19H14N2O2S2/c1-2-23-16-9-7-15(8-10-16)21-18(22)17(25-19(21)24)11-13-3-5-14(12-20)6-4-13/h3-11H,2H2,1H3/b17-11+. The molecule has 0 spiro atoms. The second-order valence-corrected chi connectivity index (χ2v) is 6.85. The number of nitriles is 1. The second-order valence-electron chi connectivity index (χ2n) is 5.18. The molecule has 1 fully saturated rings. The average Bonchev–Trinajstić information content (AvgIpc) is 2.90. The van der Waals surface area contributed by atoms with Crippen molar-refractivity contribution in [1.29, 1.82) is 5.26 Å². The number of carbonyl (C=O) groups is 1. The molecule has 0 atom stereocenters. The summed E-state index contributed by atoms with van der Waals surface area (Å²) in [5.74, 6) is 0.605. The monoisotopic (exact) mass is 366 g/mol. The van der Waals surface area contributed by atoms with Crippen LogP contribution in [-0.4, -0.2) is 16.8 Å². The Morgan fingerprint density at radius 1 is 1.20 bits per heavy atom. The topological polar surface area (TPSA) is 53.3 Å². The summed E-state index contributed by atoms with van der Waals surface area (Å²) in [6, 6.07) is 16.4. The lowest BCUT2D eigenvalue weighted by Gasteiger charge is -2.15. The van der Waals surface area contributed by atoms with Crippen molar-refractivity contribution < 1.29 is 9.53 Å². The Morgan fingerprint density at radius 2 is 1.88 bits per heavy atom. The molecule has 3 rings (SSSR count). The van der Waals surface area contributed by atoms with E-state index in [1.807, 2.05) is 43.3 Å². The van der Waals surface area contributed by atoms with Gasteiger partial charge in [0, 0.05) is 0 Å². The molecule has 1 aliphatic rings. The number of hydrogen-bond acceptors (Lipinski definition) is 5. The zero-order chi connectivity index (χ0) is 17.8. The van der Waals surface area contributed by atoms with Gasteiger partial charge in [0.2, 0.25) is 0 Å². The van der Waals surface area contributed by atoms with E-state index in [1.54, 1.807) is 18.2 Å². The first-order chi connectivity index (χ1) is 12.1. The van der Waals surface area contributed by atoms with E-state index >= 15 is 0 Å². The first-order valence-electron chi connectivity index (χ1n) is 7.63. The number of amides is 1. The maximum atomic E-state index is 12.7. The maximum Gasteiger partial charge on any atom is 0.270 e. The molecule has 2 aromatic carbocycles. The molecule has 124 valence electrons. The number of hydrogen-bond donors (Lipinski definition) is 0. The molecule has 0 radical (unpaired) electrons. The van der Waals surface area contributed by atoms with Crippen LogP contribution in [0.4, 0.5) is 5.69 Å². The summed E-state index contributed by atoms with van der Waals surface area (Å²) in [4.78, 5) is 14.8. The third-order valence-corrected chi connectivity index (χ3v) is 4.84. The highest BCUT2D eigenvalue weighted by Gasteiger charge is 2.33. The van der Waals surface area contributed by atoms with E-state index in [9.17, 15) is 4.79 Å². The highest BCUT2D eigenvalue weighted by atomic mass is 32.2. The quantitative estimate of drug-likeness (QED) is 0.594. The highest BCUT2D eigenvalue weighted by Crippen LogP contribution is 2.36. The summed E-state index contributed by atoms with van der Waals surface area (Å²) in [6.45, 7) is 2.51. The van der Waals surface area contributed by atoms with Crippen LogP contribution in [0, 0.1) is 11.3 Å². The minimum atomic E-state index is -0.150. The van der Waals surface area contributed by atoms with Crippen LogP contribution < -0.4 is 9.64 Å². The first kappa shape index (κ1) is 17.2. The van der Waals surface area contributed by atoms with E-state index in [4.69, 9.17) is 22.2 Å². The van der Waals surface area contributed by atoms with Crippen LogP contribution in [0.2, 0.25) is 0 Å². The van der Waals surface area contributed by atoms with Crippen molar-refractivity contribution in [3.05, 3.63) is 64.6 Å². The van der Waals surface area contributed by atoms with Crippen LogP contribution >= 0.6 is 24.0 Å². The van der Waals surface area contributed by atoms with Gasteiger partial charge in [-0.15, -0.1) is 0 Å². The fraction of sp³-hybridized carbons (Fsp3) is 0.105. The van der Waals surface area contributed by atoms with Crippen LogP contribution in [0.5, 0.6) is 5.75 Å². The normalized spacial score (nSPS) is 15.5. The van der Waals surface area contributed by atoms with Gasteiger partial charge in [-0.1, -0.05) is 36.1 Å². The van der Waals surface area contributed by atoms with Gasteiger partial charge in [0.1, 0.15) is 5.75 Å². The van der Waals surface area contributed by atoms with Crippen LogP contribution in [0.1, 0.15) is 18.1 Å². The molecule has 0 N–H and O–H groups in total. The number of benzene rings is 2. The van der Waals surface area contributed by atoms with Crippen molar-refractivity contribution in [2.75, 3.05) is 11.5 Å². The van der Waals surface area contributed by atoms with E-state index in [-0.39, 0.29) is 5.91 Å². The predicted octanol–water partition coefficient (Wildman–Crippen LogP) is 4.36. The SMILES string of the molecule is CCOc1ccc(N2C(=O)/C(=C\c3ccc(C#N)cc3)SC2=S)cc1. The zero-order valence-electron chi connectivity index (χ0n) is 13.4. The minimum absolute atomic E-state index is 0.150. The van der Waals surface area contributed by atoms with E-state index in [2.05, 4.69) is 6.07 Å². The van der Waals surface area contributed by atoms with Crippen molar-refractivity contribution >= 4 is 46.0 Å². The molecule has 0 saturated carbocycles. The molecule has 0 unspecified atom stereocenters. The molecule has 0 aromatic heterocycles. The van der Waals surface area contributed by atoms with Crippen LogP contribution in [0.3, 0.4) is 0 Å². The zero-order valence-corrected chi connectivity index (χ0v) is 15.1. The van der Waals surface area contributed by atoms with Crippen molar-refractivity contribution in [2.45, 2.75) is 6.92 Å². The molecule has 6 heteroatoms. The summed E-state index contributed by atoms with van der Waals surface area (Å²) >= 11 is 6.64. The smallest absolute Gasteiger partial charge is 0.270 e. The number of ether oxygens (including phenoxy) is 1. The fourth-order valence-corrected chi connectivity index (χ4v) is 3.65. The van der Waals surface area contributed by atoms with E-state index in [0.717, 1.165) is 11.3 Å². The lowest BCUT2D eigenvalue weighted by molar-refractivity contribution is -0.113. The number of thiocarbonyl (C=S) groups is 1. The largest absolute Gasteiger partial charge is 0.494 e. The maximum absolute atomic E-state index is 12.7. The van der Waals surface area contributed by atoms with Gasteiger partial charge in [-0.2, -0.15) is 5.26 Å². The summed E-state index contributed by atoms with van der Waals surface area (Å²) in [5.41, 5.74) is 2.15. The van der Waals surface area contributed by atoms with Crippen molar-refractivity contribution in [1.82, 2.24) is 0 Å². The lowest BCUT2D eigenvalue weighted by Crippen LogP contribution is -2.27. The third kappa shape index (κ3) is 3.73. The lowest BCUT2D eigenvalue weighted by atomic mass is 10.1. The molecule has 0 aliphatic carbocycles. The molecule has 0 bridgehead atoms. The molecule has 1 amide bonds. The van der Waals surface area contributed by atoms with Gasteiger partial charge >= 0.3 is 0 Å². The van der Waals surface area contributed by atoms with Crippen molar-refractivity contribution in [2.24, 2.45) is 0 Å². The summed E-state index contributed by atoms with van der Waals surface area (Å²) in [5, 5.41) is 8.85. The Hall–Kier alpha value is -2.62. The fourth-order valence-electron chi connectivity index (χ4n) is 2.35. The molecule has 2 aromatic rings. The van der Waals surface area contributed by atoms with E-state index in [1.165, 1.54) is 16.7 Å².